The summed E-state index contributed by atoms with van der Waals surface area (Å²) in [5, 5.41) is 3.38. The molecule has 2 aromatic rings. The first-order chi connectivity index (χ1) is 14.0. The molecule has 0 spiro atoms. The monoisotopic (exact) mass is 416 g/mol. The van der Waals surface area contributed by atoms with Gasteiger partial charge in [0.1, 0.15) is 12.4 Å². The van der Waals surface area contributed by atoms with Crippen LogP contribution in [0.5, 0.6) is 5.75 Å². The minimum Gasteiger partial charge on any atom is -0.492 e. The number of hydrogen-bond acceptors (Lipinski definition) is 5. The number of carbonyl (C=O) groups is 2. The summed E-state index contributed by atoms with van der Waals surface area (Å²) < 4.78 is 10.8. The Morgan fingerprint density at radius 1 is 1.24 bits per heavy atom. The van der Waals surface area contributed by atoms with Gasteiger partial charge in [-0.2, -0.15) is 0 Å². The smallest absolute Gasteiger partial charge is 0.313 e. The van der Waals surface area contributed by atoms with E-state index >= 15 is 0 Å². The number of anilines is 1. The maximum Gasteiger partial charge on any atom is 0.313 e. The van der Waals surface area contributed by atoms with Crippen molar-refractivity contribution in [2.75, 3.05) is 38.3 Å². The van der Waals surface area contributed by atoms with E-state index in [1.54, 1.807) is 18.2 Å². The number of esters is 1. The van der Waals surface area contributed by atoms with E-state index in [-0.39, 0.29) is 19.1 Å². The highest BCUT2D eigenvalue weighted by atomic mass is 35.5. The van der Waals surface area contributed by atoms with Gasteiger partial charge in [0, 0.05) is 30.8 Å². The van der Waals surface area contributed by atoms with E-state index in [0.29, 0.717) is 18.0 Å². The fraction of sp³-hybridized carbons (Fsp3) is 0.364. The molecule has 1 aliphatic rings. The topological polar surface area (TPSA) is 67.9 Å². The van der Waals surface area contributed by atoms with Crippen LogP contribution < -0.4 is 15.0 Å². The highest BCUT2D eigenvalue weighted by Crippen LogP contribution is 2.30. The van der Waals surface area contributed by atoms with Crippen molar-refractivity contribution in [1.82, 2.24) is 5.32 Å². The molecule has 0 fully saturated rings. The Kier molecular flexibility index (Phi) is 7.36. The molecule has 3 rings (SSSR count). The van der Waals surface area contributed by atoms with E-state index in [0.717, 1.165) is 30.0 Å². The standard InChI is InChI=1S/C22H25ClN2O4/c1-25(19-6-3-2-4-7-19)11-5-10-24-21(26)15-29-22(27)17-12-16-13-18(23)8-9-20(16)28-14-17/h2-4,6-9,13,17H,5,10-12,14-15H2,1H3,(H,24,26)/t17-/m1/s1. The Morgan fingerprint density at radius 3 is 2.83 bits per heavy atom. The summed E-state index contributed by atoms with van der Waals surface area (Å²) in [6.07, 6.45) is 1.28. The molecule has 0 bridgehead atoms. The van der Waals surface area contributed by atoms with Gasteiger partial charge in [-0.1, -0.05) is 29.8 Å². The van der Waals surface area contributed by atoms with Gasteiger partial charge in [-0.25, -0.2) is 0 Å². The number of rotatable bonds is 8. The van der Waals surface area contributed by atoms with Crippen molar-refractivity contribution in [2.45, 2.75) is 12.8 Å². The zero-order valence-electron chi connectivity index (χ0n) is 16.4. The molecule has 154 valence electrons. The number of nitrogens with zero attached hydrogens (tertiary/aromatic N) is 1. The lowest BCUT2D eigenvalue weighted by atomic mass is 9.97. The van der Waals surface area contributed by atoms with Gasteiger partial charge in [0.15, 0.2) is 6.61 Å². The van der Waals surface area contributed by atoms with Crippen LogP contribution in [0, 0.1) is 5.92 Å². The molecule has 0 aromatic heterocycles. The van der Waals surface area contributed by atoms with Crippen LogP contribution in [0.15, 0.2) is 48.5 Å². The second kappa shape index (κ2) is 10.2. The lowest BCUT2D eigenvalue weighted by molar-refractivity contribution is -0.153. The zero-order valence-corrected chi connectivity index (χ0v) is 17.2. The third-order valence-electron chi connectivity index (χ3n) is 4.80. The van der Waals surface area contributed by atoms with Crippen molar-refractivity contribution >= 4 is 29.2 Å². The number of halogens is 1. The molecule has 29 heavy (non-hydrogen) atoms. The van der Waals surface area contributed by atoms with Crippen molar-refractivity contribution in [2.24, 2.45) is 5.92 Å². The highest BCUT2D eigenvalue weighted by Gasteiger charge is 2.27. The van der Waals surface area contributed by atoms with Crippen LogP contribution in [0.3, 0.4) is 0 Å². The first-order valence-electron chi connectivity index (χ1n) is 9.63. The Hall–Kier alpha value is -2.73. The lowest BCUT2D eigenvalue weighted by Crippen LogP contribution is -2.35. The Balaban J connectivity index is 1.34. The lowest BCUT2D eigenvalue weighted by Gasteiger charge is -2.24. The second-order valence-electron chi connectivity index (χ2n) is 7.03. The predicted molar refractivity (Wildman–Crippen MR) is 112 cm³/mol. The molecule has 2 aromatic carbocycles. The van der Waals surface area contributed by atoms with E-state index in [2.05, 4.69) is 10.2 Å². The third-order valence-corrected chi connectivity index (χ3v) is 5.03. The van der Waals surface area contributed by atoms with Gasteiger partial charge in [0.25, 0.3) is 5.91 Å². The van der Waals surface area contributed by atoms with Gasteiger partial charge in [-0.15, -0.1) is 0 Å². The first kappa shape index (κ1) is 21.0. The molecular weight excluding hydrogens is 392 g/mol. The molecular formula is C22H25ClN2O4. The maximum atomic E-state index is 12.3. The maximum absolute atomic E-state index is 12.3. The van der Waals surface area contributed by atoms with Crippen molar-refractivity contribution in [3.8, 4) is 5.75 Å². The first-order valence-corrected chi connectivity index (χ1v) is 10.0. The normalized spacial score (nSPS) is 15.0. The Labute approximate surface area is 175 Å². The quantitative estimate of drug-likeness (QED) is 0.529. The van der Waals surface area contributed by atoms with E-state index in [1.165, 1.54) is 0 Å². The van der Waals surface area contributed by atoms with Crippen molar-refractivity contribution < 1.29 is 19.1 Å². The summed E-state index contributed by atoms with van der Waals surface area (Å²) in [5.41, 5.74) is 2.00. The van der Waals surface area contributed by atoms with Crippen molar-refractivity contribution in [1.29, 1.82) is 0 Å². The van der Waals surface area contributed by atoms with E-state index < -0.39 is 11.9 Å². The molecule has 0 unspecified atom stereocenters. The van der Waals surface area contributed by atoms with Gasteiger partial charge in [0.05, 0.1) is 5.92 Å². The average molecular weight is 417 g/mol. The van der Waals surface area contributed by atoms with Crippen LogP contribution in [0.2, 0.25) is 5.02 Å². The van der Waals surface area contributed by atoms with Gasteiger partial charge in [-0.05, 0) is 48.7 Å². The molecule has 0 saturated carbocycles. The predicted octanol–water partition coefficient (Wildman–Crippen LogP) is 3.08. The fourth-order valence-corrected chi connectivity index (χ4v) is 3.37. The summed E-state index contributed by atoms with van der Waals surface area (Å²) in [7, 11) is 2.01. The SMILES string of the molecule is CN(CCCNC(=O)COC(=O)[C@H]1COc2ccc(Cl)cc2C1)c1ccccc1. The van der Waals surface area contributed by atoms with Crippen LogP contribution in [-0.4, -0.2) is 45.2 Å². The minimum atomic E-state index is -0.437. The van der Waals surface area contributed by atoms with Gasteiger partial charge < -0.3 is 19.7 Å². The van der Waals surface area contributed by atoms with Crippen LogP contribution >= 0.6 is 11.6 Å². The number of ether oxygens (including phenoxy) is 2. The minimum absolute atomic E-state index is 0.237. The van der Waals surface area contributed by atoms with Crippen molar-refractivity contribution in [3.63, 3.8) is 0 Å². The van der Waals surface area contributed by atoms with E-state index in [9.17, 15) is 9.59 Å². The van der Waals surface area contributed by atoms with Gasteiger partial charge in [0.2, 0.25) is 0 Å². The summed E-state index contributed by atoms with van der Waals surface area (Å²) >= 11 is 5.99. The molecule has 0 aliphatic carbocycles. The van der Waals surface area contributed by atoms with Crippen molar-refractivity contribution in [3.05, 3.63) is 59.1 Å². The number of hydrogen-bond donors (Lipinski definition) is 1. The van der Waals surface area contributed by atoms with E-state index in [4.69, 9.17) is 21.1 Å². The summed E-state index contributed by atoms with van der Waals surface area (Å²) in [5.74, 6) is -0.444. The number of nitrogens with one attached hydrogen (secondary N) is 1. The molecule has 0 saturated heterocycles. The summed E-state index contributed by atoms with van der Waals surface area (Å²) in [4.78, 5) is 26.3. The van der Waals surface area contributed by atoms with Crippen LogP contribution in [-0.2, 0) is 20.7 Å². The highest BCUT2D eigenvalue weighted by molar-refractivity contribution is 6.30. The number of para-hydroxylation sites is 1. The van der Waals surface area contributed by atoms with Crippen LogP contribution in [0.25, 0.3) is 0 Å². The number of benzene rings is 2. The largest absolute Gasteiger partial charge is 0.492 e. The van der Waals surface area contributed by atoms with Crippen LogP contribution in [0.4, 0.5) is 5.69 Å². The Morgan fingerprint density at radius 2 is 2.03 bits per heavy atom. The fourth-order valence-electron chi connectivity index (χ4n) is 3.18. The van der Waals surface area contributed by atoms with E-state index in [1.807, 2.05) is 37.4 Å². The Bertz CT molecular complexity index is 844. The third kappa shape index (κ3) is 6.12. The molecule has 7 heteroatoms. The van der Waals surface area contributed by atoms with Gasteiger partial charge >= 0.3 is 5.97 Å². The molecule has 0 radical (unpaired) electrons. The molecule has 1 atom stereocenters. The zero-order chi connectivity index (χ0) is 20.6. The number of amides is 1. The molecule has 1 heterocycles. The van der Waals surface area contributed by atoms with Crippen LogP contribution in [0.1, 0.15) is 12.0 Å². The van der Waals surface area contributed by atoms with Gasteiger partial charge in [-0.3, -0.25) is 9.59 Å². The molecule has 1 amide bonds. The second-order valence-corrected chi connectivity index (χ2v) is 7.47. The molecule has 6 nitrogen and oxygen atoms in total. The summed E-state index contributed by atoms with van der Waals surface area (Å²) in [6, 6.07) is 15.4. The average Bonchev–Trinajstić information content (AvgIpc) is 2.74. The summed E-state index contributed by atoms with van der Waals surface area (Å²) in [6.45, 7) is 1.28. The number of carbonyl (C=O) groups excluding carboxylic acids is 2. The molecule has 1 aliphatic heterocycles. The molecule has 1 N–H and O–H groups in total. The number of fused-ring (bicyclic) bond motifs is 1.